The van der Waals surface area contributed by atoms with Gasteiger partial charge in [-0.2, -0.15) is 0 Å². The maximum atomic E-state index is 12.1. The minimum Gasteiger partial charge on any atom is -0.481 e. The molecule has 1 saturated carbocycles. The molecular weight excluding hydrogens is 258 g/mol. The van der Waals surface area contributed by atoms with E-state index in [9.17, 15) is 14.7 Å². The molecule has 0 bridgehead atoms. The lowest BCUT2D eigenvalue weighted by Crippen LogP contribution is -2.51. The molecule has 0 spiro atoms. The minimum absolute atomic E-state index is 0.285. The number of likely N-dealkylation sites (tertiary alicyclic amines) is 1. The van der Waals surface area contributed by atoms with E-state index < -0.39 is 23.1 Å². The number of hydrogen-bond donors (Lipinski definition) is 1. The van der Waals surface area contributed by atoms with Crippen LogP contribution in [0.2, 0.25) is 0 Å². The highest BCUT2D eigenvalue weighted by atomic mass is 16.6. The molecule has 2 rings (SSSR count). The van der Waals surface area contributed by atoms with Crippen molar-refractivity contribution >= 4 is 12.1 Å². The number of nitrogens with zero attached hydrogens (tertiary/aromatic N) is 1. The Hall–Kier alpha value is -1.26. The lowest BCUT2D eigenvalue weighted by atomic mass is 9.76. The SMILES string of the molecule is CC(C)(C)OC(=O)N1CCC[C@@](CC2CC2)(C(=O)O)C1. The van der Waals surface area contributed by atoms with Crippen LogP contribution in [0.4, 0.5) is 4.79 Å². The summed E-state index contributed by atoms with van der Waals surface area (Å²) < 4.78 is 5.36. The molecule has 1 N–H and O–H groups in total. The Kier molecular flexibility index (Phi) is 3.98. The number of hydrogen-bond acceptors (Lipinski definition) is 3. The van der Waals surface area contributed by atoms with Gasteiger partial charge in [-0.15, -0.1) is 0 Å². The molecule has 0 unspecified atom stereocenters. The molecule has 5 heteroatoms. The van der Waals surface area contributed by atoms with Crippen LogP contribution in [0.3, 0.4) is 0 Å². The highest BCUT2D eigenvalue weighted by molar-refractivity contribution is 5.77. The summed E-state index contributed by atoms with van der Waals surface area (Å²) in [4.78, 5) is 25.4. The van der Waals surface area contributed by atoms with Crippen LogP contribution in [0.25, 0.3) is 0 Å². The van der Waals surface area contributed by atoms with Crippen LogP contribution in [0, 0.1) is 11.3 Å². The molecule has 1 heterocycles. The van der Waals surface area contributed by atoms with Crippen LogP contribution >= 0.6 is 0 Å². The fourth-order valence-electron chi connectivity index (χ4n) is 2.92. The van der Waals surface area contributed by atoms with Gasteiger partial charge in [-0.3, -0.25) is 4.79 Å². The molecule has 2 aliphatic rings. The lowest BCUT2D eigenvalue weighted by Gasteiger charge is -2.40. The molecule has 1 aliphatic carbocycles. The maximum absolute atomic E-state index is 12.1. The second kappa shape index (κ2) is 5.26. The molecule has 114 valence electrons. The fraction of sp³-hybridized carbons (Fsp3) is 0.867. The van der Waals surface area contributed by atoms with E-state index in [2.05, 4.69) is 0 Å². The van der Waals surface area contributed by atoms with Crippen molar-refractivity contribution < 1.29 is 19.4 Å². The van der Waals surface area contributed by atoms with E-state index >= 15 is 0 Å². The molecule has 1 amide bonds. The molecule has 0 aromatic carbocycles. The van der Waals surface area contributed by atoms with Gasteiger partial charge < -0.3 is 14.7 Å². The third-order valence-corrected chi connectivity index (χ3v) is 4.06. The summed E-state index contributed by atoms with van der Waals surface area (Å²) >= 11 is 0. The highest BCUT2D eigenvalue weighted by Crippen LogP contribution is 2.45. The molecule has 5 nitrogen and oxygen atoms in total. The zero-order valence-corrected chi connectivity index (χ0v) is 12.6. The molecular formula is C15H25NO4. The number of carbonyl (C=O) groups is 2. The number of rotatable bonds is 3. The Labute approximate surface area is 120 Å². The van der Waals surface area contributed by atoms with Crippen molar-refractivity contribution in [3.8, 4) is 0 Å². The van der Waals surface area contributed by atoms with E-state index in [1.54, 1.807) is 4.90 Å². The van der Waals surface area contributed by atoms with Crippen molar-refractivity contribution in [1.29, 1.82) is 0 Å². The molecule has 1 aliphatic heterocycles. The van der Waals surface area contributed by atoms with Gasteiger partial charge in [-0.25, -0.2) is 4.79 Å². The van der Waals surface area contributed by atoms with Crippen LogP contribution in [0.15, 0.2) is 0 Å². The second-order valence-electron chi connectivity index (χ2n) is 7.24. The van der Waals surface area contributed by atoms with E-state index in [-0.39, 0.29) is 6.54 Å². The number of piperidine rings is 1. The Balaban J connectivity index is 2.05. The summed E-state index contributed by atoms with van der Waals surface area (Å²) in [7, 11) is 0. The Morgan fingerprint density at radius 2 is 2.00 bits per heavy atom. The standard InChI is InChI=1S/C15H25NO4/c1-14(2,3)20-13(19)16-8-4-7-15(10-16,12(17)18)9-11-5-6-11/h11H,4-10H2,1-3H3,(H,17,18)/t15-/m0/s1. The van der Waals surface area contributed by atoms with Crippen LogP contribution in [-0.4, -0.2) is 40.8 Å². The quantitative estimate of drug-likeness (QED) is 0.864. The van der Waals surface area contributed by atoms with E-state index in [1.807, 2.05) is 20.8 Å². The first-order valence-electron chi connectivity index (χ1n) is 7.43. The average molecular weight is 283 g/mol. The van der Waals surface area contributed by atoms with E-state index in [0.717, 1.165) is 19.3 Å². The van der Waals surface area contributed by atoms with Crippen LogP contribution in [-0.2, 0) is 9.53 Å². The Morgan fingerprint density at radius 1 is 1.35 bits per heavy atom. The van der Waals surface area contributed by atoms with E-state index in [4.69, 9.17) is 4.74 Å². The number of ether oxygens (including phenoxy) is 1. The number of aliphatic carboxylic acids is 1. The summed E-state index contributed by atoms with van der Waals surface area (Å²) in [5.41, 5.74) is -1.31. The summed E-state index contributed by atoms with van der Waals surface area (Å²) in [6, 6.07) is 0. The van der Waals surface area contributed by atoms with Gasteiger partial charge in [0.05, 0.1) is 5.41 Å². The largest absolute Gasteiger partial charge is 0.481 e. The molecule has 0 aromatic heterocycles. The molecule has 0 radical (unpaired) electrons. The summed E-state index contributed by atoms with van der Waals surface area (Å²) in [5.74, 6) is -0.234. The van der Waals surface area contributed by atoms with Crippen LogP contribution in [0.5, 0.6) is 0 Å². The van der Waals surface area contributed by atoms with Crippen molar-refractivity contribution in [1.82, 2.24) is 4.90 Å². The van der Waals surface area contributed by atoms with E-state index in [1.165, 1.54) is 0 Å². The zero-order valence-electron chi connectivity index (χ0n) is 12.6. The van der Waals surface area contributed by atoms with Gasteiger partial charge in [-0.1, -0.05) is 12.8 Å². The molecule has 20 heavy (non-hydrogen) atoms. The maximum Gasteiger partial charge on any atom is 0.410 e. The van der Waals surface area contributed by atoms with Gasteiger partial charge in [0.25, 0.3) is 0 Å². The van der Waals surface area contributed by atoms with Crippen molar-refractivity contribution in [2.45, 2.75) is 58.5 Å². The van der Waals surface area contributed by atoms with Crippen molar-refractivity contribution in [2.75, 3.05) is 13.1 Å². The Bertz CT molecular complexity index is 397. The van der Waals surface area contributed by atoms with Crippen molar-refractivity contribution in [3.63, 3.8) is 0 Å². The van der Waals surface area contributed by atoms with Crippen molar-refractivity contribution in [2.24, 2.45) is 11.3 Å². The second-order valence-corrected chi connectivity index (χ2v) is 7.24. The smallest absolute Gasteiger partial charge is 0.410 e. The summed E-state index contributed by atoms with van der Waals surface area (Å²) in [6.07, 6.45) is 3.96. The van der Waals surface area contributed by atoms with Crippen LogP contribution in [0.1, 0.15) is 52.9 Å². The van der Waals surface area contributed by atoms with Crippen LogP contribution < -0.4 is 0 Å². The van der Waals surface area contributed by atoms with Crippen molar-refractivity contribution in [3.05, 3.63) is 0 Å². The lowest BCUT2D eigenvalue weighted by molar-refractivity contribution is -0.153. The number of carboxylic acids is 1. The van der Waals surface area contributed by atoms with Gasteiger partial charge in [-0.05, 0) is 46.0 Å². The molecule has 1 atom stereocenters. The third-order valence-electron chi connectivity index (χ3n) is 4.06. The highest BCUT2D eigenvalue weighted by Gasteiger charge is 2.47. The zero-order chi connectivity index (χ0) is 15.0. The van der Waals surface area contributed by atoms with Gasteiger partial charge in [0.15, 0.2) is 0 Å². The van der Waals surface area contributed by atoms with E-state index in [0.29, 0.717) is 25.3 Å². The topological polar surface area (TPSA) is 66.8 Å². The van der Waals surface area contributed by atoms with Gasteiger partial charge in [0.1, 0.15) is 5.60 Å². The predicted octanol–water partition coefficient (Wildman–Crippen LogP) is 2.89. The average Bonchev–Trinajstić information content (AvgIpc) is 3.10. The number of amides is 1. The monoisotopic (exact) mass is 283 g/mol. The molecule has 0 aromatic rings. The summed E-state index contributed by atoms with van der Waals surface area (Å²) in [5, 5.41) is 9.62. The third kappa shape index (κ3) is 3.64. The van der Waals surface area contributed by atoms with Gasteiger partial charge in [0.2, 0.25) is 0 Å². The molecule has 1 saturated heterocycles. The number of carboxylic acid groups (broad SMARTS) is 1. The normalized spacial score (nSPS) is 27.2. The first-order chi connectivity index (χ1) is 9.22. The summed E-state index contributed by atoms with van der Waals surface area (Å²) in [6.45, 7) is 6.35. The predicted molar refractivity (Wildman–Crippen MR) is 74.5 cm³/mol. The van der Waals surface area contributed by atoms with Gasteiger partial charge >= 0.3 is 12.1 Å². The first-order valence-corrected chi connectivity index (χ1v) is 7.43. The minimum atomic E-state index is -0.768. The van der Waals surface area contributed by atoms with Gasteiger partial charge in [0, 0.05) is 13.1 Å². The fourth-order valence-corrected chi connectivity index (χ4v) is 2.92. The number of carbonyl (C=O) groups excluding carboxylic acids is 1. The Morgan fingerprint density at radius 3 is 2.50 bits per heavy atom. The molecule has 2 fully saturated rings. The first kappa shape index (κ1) is 15.1.